The van der Waals surface area contributed by atoms with E-state index in [9.17, 15) is 4.79 Å². The van der Waals surface area contributed by atoms with E-state index < -0.39 is 0 Å². The van der Waals surface area contributed by atoms with Crippen molar-refractivity contribution in [2.75, 3.05) is 46.9 Å². The van der Waals surface area contributed by atoms with Gasteiger partial charge in [0.05, 0.1) is 6.10 Å². The predicted molar refractivity (Wildman–Crippen MR) is 117 cm³/mol. The van der Waals surface area contributed by atoms with Gasteiger partial charge in [-0.3, -0.25) is 4.79 Å². The molecule has 2 aliphatic rings. The molecule has 1 amide bonds. The van der Waals surface area contributed by atoms with E-state index in [0.29, 0.717) is 12.6 Å². The first-order valence-electron chi connectivity index (χ1n) is 9.56. The Bertz CT molecular complexity index is 456. The van der Waals surface area contributed by atoms with Gasteiger partial charge >= 0.3 is 0 Å². The third-order valence-corrected chi connectivity index (χ3v) is 5.05. The van der Waals surface area contributed by atoms with Crippen molar-refractivity contribution < 1.29 is 9.53 Å². The van der Waals surface area contributed by atoms with Crippen molar-refractivity contribution in [3.8, 4) is 0 Å². The van der Waals surface area contributed by atoms with E-state index >= 15 is 0 Å². The summed E-state index contributed by atoms with van der Waals surface area (Å²) in [7, 11) is 3.50. The first-order valence-corrected chi connectivity index (χ1v) is 9.56. The number of likely N-dealkylation sites (N-methyl/N-ethyl adjacent to an activating group) is 1. The molecule has 1 aliphatic carbocycles. The Kier molecular flexibility index (Phi) is 11.2. The summed E-state index contributed by atoms with van der Waals surface area (Å²) in [5.74, 6) is 1.58. The quantitative estimate of drug-likeness (QED) is 0.265. The number of nitrogens with zero attached hydrogens (tertiary/aromatic N) is 3. The standard InChI is InChI=1S/C19H34N4O2.HI/c1-4-11-20-19(21-14-18(24)22(2)3)23-12-9-17(10-13-23)25-15-16-7-5-6-8-16;/h4,16-17H,1,5-15H2,2-3H3,(H,20,21);1H. The fraction of sp³-hybridized carbons (Fsp3) is 0.789. The summed E-state index contributed by atoms with van der Waals surface area (Å²) in [6, 6.07) is 0. The van der Waals surface area contributed by atoms with Crippen LogP contribution < -0.4 is 5.32 Å². The van der Waals surface area contributed by atoms with Crippen molar-refractivity contribution in [3.63, 3.8) is 0 Å². The first-order chi connectivity index (χ1) is 12.1. The molecule has 6 nitrogen and oxygen atoms in total. The van der Waals surface area contributed by atoms with Gasteiger partial charge in [-0.25, -0.2) is 4.99 Å². The molecule has 2 rings (SSSR count). The maximum Gasteiger partial charge on any atom is 0.243 e. The van der Waals surface area contributed by atoms with E-state index in [1.165, 1.54) is 25.7 Å². The number of nitrogens with one attached hydrogen (secondary N) is 1. The normalized spacial score (nSPS) is 19.2. The van der Waals surface area contributed by atoms with Gasteiger partial charge in [0.1, 0.15) is 6.54 Å². The van der Waals surface area contributed by atoms with Crippen LogP contribution in [0.2, 0.25) is 0 Å². The van der Waals surface area contributed by atoms with Gasteiger partial charge in [0.25, 0.3) is 0 Å². The van der Waals surface area contributed by atoms with Gasteiger partial charge in [-0.2, -0.15) is 0 Å². The number of carbonyl (C=O) groups is 1. The second-order valence-electron chi connectivity index (χ2n) is 7.27. The van der Waals surface area contributed by atoms with E-state index in [1.807, 2.05) is 0 Å². The lowest BCUT2D eigenvalue weighted by atomic mass is 10.1. The van der Waals surface area contributed by atoms with Crippen LogP contribution in [0.3, 0.4) is 0 Å². The Morgan fingerprint density at radius 1 is 1.27 bits per heavy atom. The number of guanidine groups is 1. The van der Waals surface area contributed by atoms with E-state index in [1.54, 1.807) is 25.1 Å². The molecule has 0 aromatic heterocycles. The van der Waals surface area contributed by atoms with Crippen LogP contribution in [0.15, 0.2) is 17.6 Å². The molecule has 1 N–H and O–H groups in total. The van der Waals surface area contributed by atoms with E-state index in [4.69, 9.17) is 4.74 Å². The van der Waals surface area contributed by atoms with Crippen molar-refractivity contribution in [2.45, 2.75) is 44.6 Å². The van der Waals surface area contributed by atoms with Gasteiger partial charge in [-0.1, -0.05) is 18.9 Å². The van der Waals surface area contributed by atoms with Gasteiger partial charge in [0, 0.05) is 40.3 Å². The summed E-state index contributed by atoms with van der Waals surface area (Å²) in [5, 5.41) is 3.27. The largest absolute Gasteiger partial charge is 0.378 e. The van der Waals surface area contributed by atoms with Gasteiger partial charge in [0.15, 0.2) is 5.96 Å². The molecule has 7 heteroatoms. The Hall–Kier alpha value is -0.830. The maximum atomic E-state index is 11.8. The van der Waals surface area contributed by atoms with Crippen molar-refractivity contribution in [1.29, 1.82) is 0 Å². The van der Waals surface area contributed by atoms with E-state index in [-0.39, 0.29) is 36.4 Å². The molecule has 0 bridgehead atoms. The van der Waals surface area contributed by atoms with Gasteiger partial charge in [-0.05, 0) is 31.6 Å². The molecule has 0 spiro atoms. The van der Waals surface area contributed by atoms with Crippen molar-refractivity contribution in [1.82, 2.24) is 15.1 Å². The predicted octanol–water partition coefficient (Wildman–Crippen LogP) is 2.50. The van der Waals surface area contributed by atoms with Crippen LogP contribution in [-0.4, -0.2) is 74.7 Å². The summed E-state index contributed by atoms with van der Waals surface area (Å²) in [6.07, 6.45) is 9.61. The molecule has 26 heavy (non-hydrogen) atoms. The highest BCUT2D eigenvalue weighted by Gasteiger charge is 2.24. The number of carbonyl (C=O) groups excluding carboxylic acids is 1. The molecule has 0 unspecified atom stereocenters. The molecule has 1 heterocycles. The zero-order valence-corrected chi connectivity index (χ0v) is 18.6. The molecule has 1 aliphatic heterocycles. The van der Waals surface area contributed by atoms with Crippen molar-refractivity contribution in [2.24, 2.45) is 10.9 Å². The minimum atomic E-state index is 0. The second kappa shape index (κ2) is 12.5. The van der Waals surface area contributed by atoms with Crippen LogP contribution in [0, 0.1) is 5.92 Å². The summed E-state index contributed by atoms with van der Waals surface area (Å²) >= 11 is 0. The molecular formula is C19H35IN4O2. The lowest BCUT2D eigenvalue weighted by Crippen LogP contribution is -2.47. The SMILES string of the molecule is C=CCNC(=NCC(=O)N(C)C)N1CCC(OCC2CCCC2)CC1.I. The highest BCUT2D eigenvalue weighted by Crippen LogP contribution is 2.26. The molecule has 0 radical (unpaired) electrons. The molecule has 2 fully saturated rings. The summed E-state index contributed by atoms with van der Waals surface area (Å²) in [6.45, 7) is 7.31. The molecule has 1 saturated heterocycles. The zero-order valence-electron chi connectivity index (χ0n) is 16.3. The number of likely N-dealkylation sites (tertiary alicyclic amines) is 1. The van der Waals surface area contributed by atoms with Crippen LogP contribution >= 0.6 is 24.0 Å². The number of ether oxygens (including phenoxy) is 1. The van der Waals surface area contributed by atoms with Crippen LogP contribution in [0.4, 0.5) is 0 Å². The number of hydrogen-bond acceptors (Lipinski definition) is 3. The average molecular weight is 478 g/mol. The monoisotopic (exact) mass is 478 g/mol. The summed E-state index contributed by atoms with van der Waals surface area (Å²) in [4.78, 5) is 20.1. The van der Waals surface area contributed by atoms with Crippen molar-refractivity contribution >= 4 is 35.8 Å². The molecular weight excluding hydrogens is 443 g/mol. The summed E-state index contributed by atoms with van der Waals surface area (Å²) < 4.78 is 6.14. The van der Waals surface area contributed by atoms with E-state index in [0.717, 1.165) is 44.4 Å². The fourth-order valence-corrected chi connectivity index (χ4v) is 3.40. The molecule has 1 saturated carbocycles. The van der Waals surface area contributed by atoms with E-state index in [2.05, 4.69) is 21.8 Å². The third kappa shape index (κ3) is 7.82. The smallest absolute Gasteiger partial charge is 0.243 e. The molecule has 0 aromatic carbocycles. The van der Waals surface area contributed by atoms with Crippen LogP contribution in [0.25, 0.3) is 0 Å². The van der Waals surface area contributed by atoms with Crippen molar-refractivity contribution in [3.05, 3.63) is 12.7 Å². The highest BCUT2D eigenvalue weighted by molar-refractivity contribution is 14.0. The van der Waals surface area contributed by atoms with Gasteiger partial charge in [-0.15, -0.1) is 30.6 Å². The number of amides is 1. The lowest BCUT2D eigenvalue weighted by Gasteiger charge is -2.34. The Morgan fingerprint density at radius 2 is 1.92 bits per heavy atom. The van der Waals surface area contributed by atoms with Crippen LogP contribution in [-0.2, 0) is 9.53 Å². The van der Waals surface area contributed by atoms with Gasteiger partial charge < -0.3 is 19.9 Å². The number of aliphatic imine (C=N–C) groups is 1. The number of halogens is 1. The maximum absolute atomic E-state index is 11.8. The van der Waals surface area contributed by atoms with Gasteiger partial charge in [0.2, 0.25) is 5.91 Å². The number of piperidine rings is 1. The van der Waals surface area contributed by atoms with Crippen LogP contribution in [0.1, 0.15) is 38.5 Å². The highest BCUT2D eigenvalue weighted by atomic mass is 127. The lowest BCUT2D eigenvalue weighted by molar-refractivity contribution is -0.127. The second-order valence-corrected chi connectivity index (χ2v) is 7.27. The summed E-state index contributed by atoms with van der Waals surface area (Å²) in [5.41, 5.74) is 0. The first kappa shape index (κ1) is 23.2. The average Bonchev–Trinajstić information content (AvgIpc) is 3.14. The third-order valence-electron chi connectivity index (χ3n) is 5.05. The zero-order chi connectivity index (χ0) is 18.1. The topological polar surface area (TPSA) is 57.2 Å². The van der Waals surface area contributed by atoms with Crippen LogP contribution in [0.5, 0.6) is 0 Å². The Balaban J connectivity index is 0.00000338. The molecule has 0 atom stereocenters. The fourth-order valence-electron chi connectivity index (χ4n) is 3.40. The Labute approximate surface area is 175 Å². The molecule has 150 valence electrons. The molecule has 0 aromatic rings. The number of rotatable bonds is 7. The minimum absolute atomic E-state index is 0. The minimum Gasteiger partial charge on any atom is -0.378 e. The number of hydrogen-bond donors (Lipinski definition) is 1. The Morgan fingerprint density at radius 3 is 2.50 bits per heavy atom.